The summed E-state index contributed by atoms with van der Waals surface area (Å²) in [6.45, 7) is 4.03. The summed E-state index contributed by atoms with van der Waals surface area (Å²) < 4.78 is 13.3. The van der Waals surface area contributed by atoms with Gasteiger partial charge in [0.1, 0.15) is 17.3 Å². The largest absolute Gasteiger partial charge is 0.474 e. The van der Waals surface area contributed by atoms with Crippen LogP contribution in [-0.2, 0) is 4.74 Å². The SMILES string of the molecule is c1ccc2c(c1)sc1ncnc(OC3CCC(N4CCCOCC4)CC3)c12. The molecule has 3 heterocycles. The third-order valence-corrected chi connectivity index (χ3v) is 6.91. The van der Waals surface area contributed by atoms with Crippen LogP contribution in [0.15, 0.2) is 30.6 Å². The Morgan fingerprint density at radius 1 is 1.04 bits per heavy atom. The third kappa shape index (κ3) is 3.53. The highest BCUT2D eigenvalue weighted by Gasteiger charge is 2.28. The molecule has 2 aromatic heterocycles. The molecule has 3 aromatic rings. The minimum atomic E-state index is 0.251. The molecule has 1 aromatic carbocycles. The molecule has 0 radical (unpaired) electrons. The van der Waals surface area contributed by atoms with Crippen molar-refractivity contribution in [3.8, 4) is 5.88 Å². The quantitative estimate of drug-likeness (QED) is 0.676. The third-order valence-electron chi connectivity index (χ3n) is 5.84. The van der Waals surface area contributed by atoms with Crippen LogP contribution < -0.4 is 4.74 Å². The van der Waals surface area contributed by atoms with Gasteiger partial charge >= 0.3 is 0 Å². The van der Waals surface area contributed by atoms with Crippen LogP contribution in [0.1, 0.15) is 32.1 Å². The molecule has 0 amide bonds. The van der Waals surface area contributed by atoms with Gasteiger partial charge in [0.2, 0.25) is 5.88 Å². The predicted octanol–water partition coefficient (Wildman–Crippen LogP) is 4.26. The number of benzene rings is 1. The van der Waals surface area contributed by atoms with E-state index in [1.54, 1.807) is 17.7 Å². The van der Waals surface area contributed by atoms with Crippen molar-refractivity contribution >= 4 is 31.6 Å². The molecule has 2 fully saturated rings. The van der Waals surface area contributed by atoms with E-state index in [4.69, 9.17) is 9.47 Å². The molecule has 1 saturated heterocycles. The molecule has 1 aliphatic carbocycles. The van der Waals surface area contributed by atoms with E-state index in [-0.39, 0.29) is 6.10 Å². The van der Waals surface area contributed by atoms with Gasteiger partial charge in [-0.15, -0.1) is 11.3 Å². The van der Waals surface area contributed by atoms with Crippen LogP contribution in [0.2, 0.25) is 0 Å². The van der Waals surface area contributed by atoms with Gasteiger partial charge in [-0.3, -0.25) is 4.90 Å². The highest BCUT2D eigenvalue weighted by Crippen LogP contribution is 2.38. The van der Waals surface area contributed by atoms with Crippen molar-refractivity contribution in [1.29, 1.82) is 0 Å². The topological polar surface area (TPSA) is 47.5 Å². The molecule has 6 heteroatoms. The highest BCUT2D eigenvalue weighted by atomic mass is 32.1. The molecule has 27 heavy (non-hydrogen) atoms. The lowest BCUT2D eigenvalue weighted by molar-refractivity contribution is 0.0809. The number of hydrogen-bond donors (Lipinski definition) is 0. The van der Waals surface area contributed by atoms with E-state index in [9.17, 15) is 0 Å². The van der Waals surface area contributed by atoms with Gasteiger partial charge < -0.3 is 9.47 Å². The van der Waals surface area contributed by atoms with E-state index < -0.39 is 0 Å². The zero-order valence-electron chi connectivity index (χ0n) is 15.5. The zero-order chi connectivity index (χ0) is 18.1. The van der Waals surface area contributed by atoms with E-state index in [0.29, 0.717) is 6.04 Å². The van der Waals surface area contributed by atoms with Gasteiger partial charge in [0, 0.05) is 35.8 Å². The van der Waals surface area contributed by atoms with E-state index in [1.165, 1.54) is 29.5 Å². The predicted molar refractivity (Wildman–Crippen MR) is 109 cm³/mol. The summed E-state index contributed by atoms with van der Waals surface area (Å²) in [5.41, 5.74) is 0. The monoisotopic (exact) mass is 383 g/mol. The second-order valence-electron chi connectivity index (χ2n) is 7.51. The number of aromatic nitrogens is 2. The average molecular weight is 384 g/mol. The van der Waals surface area contributed by atoms with Crippen molar-refractivity contribution in [2.24, 2.45) is 0 Å². The summed E-state index contributed by atoms with van der Waals surface area (Å²) in [6.07, 6.45) is 7.62. The van der Waals surface area contributed by atoms with Gasteiger partial charge in [-0.05, 0) is 38.2 Å². The Labute approximate surface area is 163 Å². The van der Waals surface area contributed by atoms with Crippen LogP contribution in [-0.4, -0.2) is 53.3 Å². The van der Waals surface area contributed by atoms with Gasteiger partial charge in [-0.2, -0.15) is 0 Å². The first kappa shape index (κ1) is 17.3. The summed E-state index contributed by atoms with van der Waals surface area (Å²) in [6, 6.07) is 9.10. The summed E-state index contributed by atoms with van der Waals surface area (Å²) >= 11 is 1.71. The maximum Gasteiger partial charge on any atom is 0.226 e. The van der Waals surface area contributed by atoms with Crippen LogP contribution in [0, 0.1) is 0 Å². The molecule has 0 unspecified atom stereocenters. The van der Waals surface area contributed by atoms with Crippen LogP contribution in [0.25, 0.3) is 20.3 Å². The summed E-state index contributed by atoms with van der Waals surface area (Å²) in [4.78, 5) is 12.6. The van der Waals surface area contributed by atoms with Gasteiger partial charge in [0.15, 0.2) is 0 Å². The number of ether oxygens (including phenoxy) is 2. The molecule has 0 bridgehead atoms. The lowest BCUT2D eigenvalue weighted by Crippen LogP contribution is -2.41. The van der Waals surface area contributed by atoms with Gasteiger partial charge in [-0.25, -0.2) is 9.97 Å². The Hall–Kier alpha value is -1.76. The van der Waals surface area contributed by atoms with Crippen LogP contribution >= 0.6 is 11.3 Å². The molecule has 0 atom stereocenters. The van der Waals surface area contributed by atoms with Crippen molar-refractivity contribution in [3.63, 3.8) is 0 Å². The van der Waals surface area contributed by atoms with E-state index in [2.05, 4.69) is 39.1 Å². The van der Waals surface area contributed by atoms with Crippen LogP contribution in [0.5, 0.6) is 5.88 Å². The smallest absolute Gasteiger partial charge is 0.226 e. The molecule has 5 rings (SSSR count). The normalized spacial score (nSPS) is 24.9. The molecule has 1 aliphatic heterocycles. The number of thiophene rings is 1. The molecule has 0 spiro atoms. The molecular weight excluding hydrogens is 358 g/mol. The maximum absolute atomic E-state index is 6.41. The van der Waals surface area contributed by atoms with Crippen molar-refractivity contribution < 1.29 is 9.47 Å². The molecule has 2 aliphatic rings. The molecule has 5 nitrogen and oxygen atoms in total. The fourth-order valence-corrected chi connectivity index (χ4v) is 5.47. The zero-order valence-corrected chi connectivity index (χ0v) is 16.3. The van der Waals surface area contributed by atoms with E-state index in [1.807, 2.05) is 0 Å². The maximum atomic E-state index is 6.41. The summed E-state index contributed by atoms with van der Waals surface area (Å²) in [5, 5.41) is 2.27. The number of nitrogens with zero attached hydrogens (tertiary/aromatic N) is 3. The minimum Gasteiger partial charge on any atom is -0.474 e. The van der Waals surface area contributed by atoms with Crippen molar-refractivity contribution in [2.45, 2.75) is 44.2 Å². The number of rotatable bonds is 3. The van der Waals surface area contributed by atoms with E-state index in [0.717, 1.165) is 55.1 Å². The first-order chi connectivity index (χ1) is 13.4. The van der Waals surface area contributed by atoms with E-state index >= 15 is 0 Å². The fourth-order valence-electron chi connectivity index (χ4n) is 4.43. The Kier molecular flexibility index (Phi) is 4.95. The number of fused-ring (bicyclic) bond motifs is 3. The molecule has 142 valence electrons. The van der Waals surface area contributed by atoms with Crippen molar-refractivity contribution in [3.05, 3.63) is 30.6 Å². The standard InChI is InChI=1S/C21H25N3O2S/c1-2-5-18-17(4-1)19-20(22-14-23-21(19)27-18)26-16-8-6-15(7-9-16)24-10-3-12-25-13-11-24/h1-2,4-5,14-16H,3,6-13H2. The molecule has 0 N–H and O–H groups in total. The fraction of sp³-hybridized carbons (Fsp3) is 0.524. The molecule has 1 saturated carbocycles. The Bertz CT molecular complexity index is 912. The minimum absolute atomic E-state index is 0.251. The highest BCUT2D eigenvalue weighted by molar-refractivity contribution is 7.25. The Morgan fingerprint density at radius 2 is 1.93 bits per heavy atom. The van der Waals surface area contributed by atoms with Gasteiger partial charge in [-0.1, -0.05) is 18.2 Å². The lowest BCUT2D eigenvalue weighted by atomic mass is 9.91. The van der Waals surface area contributed by atoms with Crippen molar-refractivity contribution in [1.82, 2.24) is 14.9 Å². The second-order valence-corrected chi connectivity index (χ2v) is 8.54. The molecular formula is C21H25N3O2S. The first-order valence-electron chi connectivity index (χ1n) is 9.99. The summed E-state index contributed by atoms with van der Waals surface area (Å²) in [5.74, 6) is 0.754. The summed E-state index contributed by atoms with van der Waals surface area (Å²) in [7, 11) is 0. The average Bonchev–Trinajstić information content (AvgIpc) is 2.88. The Morgan fingerprint density at radius 3 is 2.85 bits per heavy atom. The number of hydrogen-bond acceptors (Lipinski definition) is 6. The van der Waals surface area contributed by atoms with Crippen LogP contribution in [0.4, 0.5) is 0 Å². The van der Waals surface area contributed by atoms with Gasteiger partial charge in [0.25, 0.3) is 0 Å². The van der Waals surface area contributed by atoms with Gasteiger partial charge in [0.05, 0.1) is 12.0 Å². The second kappa shape index (κ2) is 7.70. The first-order valence-corrected chi connectivity index (χ1v) is 10.8. The van der Waals surface area contributed by atoms with Crippen molar-refractivity contribution in [2.75, 3.05) is 26.3 Å². The van der Waals surface area contributed by atoms with Crippen LogP contribution in [0.3, 0.4) is 0 Å². The Balaban J connectivity index is 1.30. The lowest BCUT2D eigenvalue weighted by Gasteiger charge is -2.36.